The minimum atomic E-state index is -0.674. The van der Waals surface area contributed by atoms with Gasteiger partial charge in [0.25, 0.3) is 5.91 Å². The van der Waals surface area contributed by atoms with E-state index in [2.05, 4.69) is 16.7 Å². The number of ether oxygens (including phenoxy) is 1. The molecule has 1 aliphatic carbocycles. The van der Waals surface area contributed by atoms with E-state index in [4.69, 9.17) is 4.74 Å². The zero-order valence-corrected chi connectivity index (χ0v) is 18.2. The van der Waals surface area contributed by atoms with E-state index in [1.807, 2.05) is 42.5 Å². The molecule has 0 spiro atoms. The average molecular weight is 440 g/mol. The largest absolute Gasteiger partial charge is 0.489 e. The average Bonchev–Trinajstić information content (AvgIpc) is 3.67. The van der Waals surface area contributed by atoms with Gasteiger partial charge < -0.3 is 15.4 Å². The van der Waals surface area contributed by atoms with Gasteiger partial charge in [-0.05, 0) is 42.7 Å². The number of amides is 2. The summed E-state index contributed by atoms with van der Waals surface area (Å²) < 4.78 is 5.82. The smallest absolute Gasteiger partial charge is 0.252 e. The standard InChI is InChI=1S/C27H25N3O3/c28-17-21-9-4-5-10-22(21)18-33-24-12-6-11-20(16-24)26(31)30-25(27(32)29-23-13-14-23)15-19-7-2-1-3-8-19/h1-12,16,23,25H,13-15,18H2,(H,29,32)(H,30,31). The molecule has 0 bridgehead atoms. The van der Waals surface area contributed by atoms with Crippen molar-refractivity contribution in [2.45, 2.75) is 38.0 Å². The van der Waals surface area contributed by atoms with E-state index in [9.17, 15) is 14.9 Å². The van der Waals surface area contributed by atoms with Crippen molar-refractivity contribution in [3.8, 4) is 11.8 Å². The normalized spacial score (nSPS) is 13.4. The van der Waals surface area contributed by atoms with Gasteiger partial charge in [0.1, 0.15) is 18.4 Å². The van der Waals surface area contributed by atoms with Crippen molar-refractivity contribution in [2.24, 2.45) is 0 Å². The Morgan fingerprint density at radius 2 is 1.76 bits per heavy atom. The summed E-state index contributed by atoms with van der Waals surface area (Å²) in [5, 5.41) is 15.1. The SMILES string of the molecule is N#Cc1ccccc1COc1cccc(C(=O)NC(Cc2ccccc2)C(=O)NC2CC2)c1. The molecule has 0 radical (unpaired) electrons. The van der Waals surface area contributed by atoms with Crippen molar-refractivity contribution in [3.05, 3.63) is 101 Å². The van der Waals surface area contributed by atoms with Crippen LogP contribution in [0.4, 0.5) is 0 Å². The number of nitriles is 1. The van der Waals surface area contributed by atoms with Crippen LogP contribution in [0.1, 0.15) is 39.9 Å². The van der Waals surface area contributed by atoms with Gasteiger partial charge in [0, 0.05) is 23.6 Å². The molecule has 4 rings (SSSR count). The summed E-state index contributed by atoms with van der Waals surface area (Å²) in [7, 11) is 0. The predicted octanol–water partition coefficient (Wildman–Crippen LogP) is 3.76. The molecular weight excluding hydrogens is 414 g/mol. The third-order valence-electron chi connectivity index (χ3n) is 5.46. The number of nitrogens with one attached hydrogen (secondary N) is 2. The van der Waals surface area contributed by atoms with Crippen molar-refractivity contribution >= 4 is 11.8 Å². The van der Waals surface area contributed by atoms with Gasteiger partial charge in [-0.15, -0.1) is 0 Å². The molecule has 0 saturated heterocycles. The van der Waals surface area contributed by atoms with E-state index in [-0.39, 0.29) is 24.5 Å². The van der Waals surface area contributed by atoms with E-state index in [0.717, 1.165) is 24.0 Å². The maximum absolute atomic E-state index is 13.0. The van der Waals surface area contributed by atoms with Crippen LogP contribution >= 0.6 is 0 Å². The van der Waals surface area contributed by atoms with E-state index in [1.165, 1.54) is 0 Å². The Morgan fingerprint density at radius 1 is 1.00 bits per heavy atom. The van der Waals surface area contributed by atoms with Crippen molar-refractivity contribution in [1.29, 1.82) is 5.26 Å². The highest BCUT2D eigenvalue weighted by Gasteiger charge is 2.28. The quantitative estimate of drug-likeness (QED) is 0.531. The van der Waals surface area contributed by atoms with Crippen molar-refractivity contribution in [3.63, 3.8) is 0 Å². The number of carbonyl (C=O) groups excluding carboxylic acids is 2. The Balaban J connectivity index is 1.44. The molecule has 2 N–H and O–H groups in total. The highest BCUT2D eigenvalue weighted by atomic mass is 16.5. The Kier molecular flexibility index (Phi) is 7.01. The van der Waals surface area contributed by atoms with Crippen LogP contribution in [-0.2, 0) is 17.8 Å². The summed E-state index contributed by atoms with van der Waals surface area (Å²) in [6, 6.07) is 25.4. The molecule has 0 heterocycles. The third-order valence-corrected chi connectivity index (χ3v) is 5.46. The van der Waals surface area contributed by atoms with Crippen LogP contribution in [0.25, 0.3) is 0 Å². The molecule has 1 aliphatic rings. The van der Waals surface area contributed by atoms with Crippen molar-refractivity contribution in [2.75, 3.05) is 0 Å². The first-order valence-electron chi connectivity index (χ1n) is 11.0. The minimum Gasteiger partial charge on any atom is -0.489 e. The molecule has 2 amide bonds. The third kappa shape index (κ3) is 6.20. The Bertz CT molecular complexity index is 1170. The Morgan fingerprint density at radius 3 is 2.52 bits per heavy atom. The maximum atomic E-state index is 13.0. The molecular formula is C27H25N3O3. The zero-order valence-electron chi connectivity index (χ0n) is 18.2. The summed E-state index contributed by atoms with van der Waals surface area (Å²) in [4.78, 5) is 25.8. The van der Waals surface area contributed by atoms with Gasteiger partial charge in [-0.3, -0.25) is 9.59 Å². The molecule has 166 valence electrons. The van der Waals surface area contributed by atoms with Crippen LogP contribution in [0.5, 0.6) is 5.75 Å². The fourth-order valence-corrected chi connectivity index (χ4v) is 3.47. The first kappa shape index (κ1) is 22.1. The monoisotopic (exact) mass is 439 g/mol. The molecule has 1 fully saturated rings. The second-order valence-electron chi connectivity index (χ2n) is 8.08. The van der Waals surface area contributed by atoms with Gasteiger partial charge in [0.2, 0.25) is 5.91 Å². The molecule has 3 aromatic carbocycles. The molecule has 1 saturated carbocycles. The topological polar surface area (TPSA) is 91.2 Å². The number of nitrogens with zero attached hydrogens (tertiary/aromatic N) is 1. The van der Waals surface area contributed by atoms with Gasteiger partial charge in [-0.25, -0.2) is 0 Å². The van der Waals surface area contributed by atoms with Crippen molar-refractivity contribution in [1.82, 2.24) is 10.6 Å². The number of benzene rings is 3. The van der Waals surface area contributed by atoms with E-state index in [1.54, 1.807) is 36.4 Å². The fourth-order valence-electron chi connectivity index (χ4n) is 3.47. The van der Waals surface area contributed by atoms with Crippen LogP contribution in [-0.4, -0.2) is 23.9 Å². The predicted molar refractivity (Wildman–Crippen MR) is 124 cm³/mol. The highest BCUT2D eigenvalue weighted by Crippen LogP contribution is 2.20. The van der Waals surface area contributed by atoms with Crippen LogP contribution in [0, 0.1) is 11.3 Å². The van der Waals surface area contributed by atoms with Crippen LogP contribution < -0.4 is 15.4 Å². The molecule has 6 nitrogen and oxygen atoms in total. The molecule has 6 heteroatoms. The molecule has 0 aromatic heterocycles. The minimum absolute atomic E-state index is 0.171. The van der Waals surface area contributed by atoms with Crippen LogP contribution in [0.15, 0.2) is 78.9 Å². The lowest BCUT2D eigenvalue weighted by atomic mass is 10.0. The van der Waals surface area contributed by atoms with Gasteiger partial charge in [-0.1, -0.05) is 54.6 Å². The molecule has 33 heavy (non-hydrogen) atoms. The number of hydrogen-bond donors (Lipinski definition) is 2. The number of hydrogen-bond acceptors (Lipinski definition) is 4. The second kappa shape index (κ2) is 10.5. The van der Waals surface area contributed by atoms with Crippen molar-refractivity contribution < 1.29 is 14.3 Å². The fraction of sp³-hybridized carbons (Fsp3) is 0.222. The zero-order chi connectivity index (χ0) is 23.0. The lowest BCUT2D eigenvalue weighted by molar-refractivity contribution is -0.123. The maximum Gasteiger partial charge on any atom is 0.252 e. The summed E-state index contributed by atoms with van der Waals surface area (Å²) in [5.41, 5.74) is 2.70. The summed E-state index contributed by atoms with van der Waals surface area (Å²) in [6.45, 7) is 0.217. The van der Waals surface area contributed by atoms with Crippen LogP contribution in [0.2, 0.25) is 0 Å². The number of rotatable bonds is 9. The lowest BCUT2D eigenvalue weighted by Crippen LogP contribution is -2.48. The summed E-state index contributed by atoms with van der Waals surface area (Å²) in [5.74, 6) is -0.00240. The molecule has 1 atom stereocenters. The molecule has 0 aliphatic heterocycles. The van der Waals surface area contributed by atoms with E-state index >= 15 is 0 Å². The van der Waals surface area contributed by atoms with Gasteiger partial charge >= 0.3 is 0 Å². The number of carbonyl (C=O) groups is 2. The second-order valence-corrected chi connectivity index (χ2v) is 8.08. The van der Waals surface area contributed by atoms with E-state index < -0.39 is 6.04 Å². The van der Waals surface area contributed by atoms with Gasteiger partial charge in [0.05, 0.1) is 11.6 Å². The Labute approximate surface area is 193 Å². The molecule has 1 unspecified atom stereocenters. The van der Waals surface area contributed by atoms with E-state index in [0.29, 0.717) is 23.3 Å². The Hall–Kier alpha value is -4.11. The summed E-state index contributed by atoms with van der Waals surface area (Å²) in [6.07, 6.45) is 2.37. The lowest BCUT2D eigenvalue weighted by Gasteiger charge is -2.19. The summed E-state index contributed by atoms with van der Waals surface area (Å²) >= 11 is 0. The highest BCUT2D eigenvalue weighted by molar-refractivity contribution is 5.98. The first-order chi connectivity index (χ1) is 16.1. The van der Waals surface area contributed by atoms with Gasteiger partial charge in [-0.2, -0.15) is 5.26 Å². The van der Waals surface area contributed by atoms with Crippen LogP contribution in [0.3, 0.4) is 0 Å². The van der Waals surface area contributed by atoms with Gasteiger partial charge in [0.15, 0.2) is 0 Å². The molecule has 3 aromatic rings. The first-order valence-corrected chi connectivity index (χ1v) is 11.0.